The molecule has 6 heteroatoms. The van der Waals surface area contributed by atoms with Crippen LogP contribution in [0.1, 0.15) is 24.8 Å². The van der Waals surface area contributed by atoms with Crippen LogP contribution in [0.4, 0.5) is 4.79 Å². The fourth-order valence-electron chi connectivity index (χ4n) is 3.24. The first-order valence-electron chi connectivity index (χ1n) is 7.53. The third-order valence-electron chi connectivity index (χ3n) is 4.23. The standard InChI is InChI=1S/C15H20N2O2.CH2O2/c18-14-17(11-4-12-19-14)15(7-9-16-10-8-15)13-5-2-1-3-6-13;2-1-3/h1-3,5-6,16H,4,7-12H2;1H,(H,2,3). The lowest BCUT2D eigenvalue weighted by Crippen LogP contribution is -2.56. The summed E-state index contributed by atoms with van der Waals surface area (Å²) >= 11 is 0. The van der Waals surface area contributed by atoms with Crippen molar-refractivity contribution in [3.05, 3.63) is 35.9 Å². The summed E-state index contributed by atoms with van der Waals surface area (Å²) in [4.78, 5) is 22.5. The highest BCUT2D eigenvalue weighted by atomic mass is 16.6. The van der Waals surface area contributed by atoms with E-state index in [4.69, 9.17) is 14.6 Å². The summed E-state index contributed by atoms with van der Waals surface area (Å²) in [5.41, 5.74) is 1.04. The van der Waals surface area contributed by atoms with Gasteiger partial charge in [-0.1, -0.05) is 30.3 Å². The summed E-state index contributed by atoms with van der Waals surface area (Å²) in [5.74, 6) is 0. The molecule has 0 atom stereocenters. The first kappa shape index (κ1) is 16.3. The zero-order valence-corrected chi connectivity index (χ0v) is 12.5. The largest absolute Gasteiger partial charge is 0.483 e. The molecule has 2 saturated heterocycles. The number of nitrogens with zero attached hydrogens (tertiary/aromatic N) is 1. The van der Waals surface area contributed by atoms with Gasteiger partial charge in [-0.15, -0.1) is 0 Å². The fourth-order valence-corrected chi connectivity index (χ4v) is 3.24. The Morgan fingerprint density at radius 1 is 1.23 bits per heavy atom. The van der Waals surface area contributed by atoms with Crippen LogP contribution >= 0.6 is 0 Å². The summed E-state index contributed by atoms with van der Waals surface area (Å²) < 4.78 is 5.26. The molecule has 120 valence electrons. The minimum absolute atomic E-state index is 0.156. The van der Waals surface area contributed by atoms with E-state index in [0.717, 1.165) is 38.9 Å². The first-order valence-corrected chi connectivity index (χ1v) is 7.53. The van der Waals surface area contributed by atoms with Gasteiger partial charge in [-0.25, -0.2) is 4.79 Å². The number of carbonyl (C=O) groups is 2. The van der Waals surface area contributed by atoms with Crippen LogP contribution in [0.5, 0.6) is 0 Å². The molecule has 2 aliphatic heterocycles. The summed E-state index contributed by atoms with van der Waals surface area (Å²) in [6.45, 7) is 2.99. The van der Waals surface area contributed by atoms with Gasteiger partial charge in [0.05, 0.1) is 12.1 Å². The van der Waals surface area contributed by atoms with E-state index < -0.39 is 0 Å². The SMILES string of the molecule is O=C1OCCCN1C1(c2ccccc2)CCNCC1.O=CO. The molecular weight excluding hydrogens is 284 g/mol. The minimum Gasteiger partial charge on any atom is -0.483 e. The van der Waals surface area contributed by atoms with Crippen molar-refractivity contribution in [2.24, 2.45) is 0 Å². The van der Waals surface area contributed by atoms with Crippen molar-refractivity contribution in [1.82, 2.24) is 10.2 Å². The third kappa shape index (κ3) is 3.39. The Balaban J connectivity index is 0.000000545. The van der Waals surface area contributed by atoms with Crippen molar-refractivity contribution in [1.29, 1.82) is 0 Å². The quantitative estimate of drug-likeness (QED) is 0.815. The number of nitrogens with one attached hydrogen (secondary N) is 1. The highest BCUT2D eigenvalue weighted by molar-refractivity contribution is 5.70. The summed E-state index contributed by atoms with van der Waals surface area (Å²) in [6, 6.07) is 10.4. The predicted molar refractivity (Wildman–Crippen MR) is 81.6 cm³/mol. The molecule has 0 saturated carbocycles. The molecule has 0 radical (unpaired) electrons. The van der Waals surface area contributed by atoms with E-state index >= 15 is 0 Å². The zero-order chi connectivity index (χ0) is 15.8. The van der Waals surface area contributed by atoms with E-state index in [0.29, 0.717) is 6.61 Å². The Morgan fingerprint density at radius 3 is 2.45 bits per heavy atom. The number of rotatable bonds is 2. The summed E-state index contributed by atoms with van der Waals surface area (Å²) in [6.07, 6.45) is 2.67. The second-order valence-corrected chi connectivity index (χ2v) is 5.37. The van der Waals surface area contributed by atoms with E-state index in [1.165, 1.54) is 5.56 Å². The average Bonchev–Trinajstić information content (AvgIpc) is 2.57. The molecule has 1 aromatic rings. The highest BCUT2D eigenvalue weighted by Gasteiger charge is 2.43. The molecule has 0 unspecified atom stereocenters. The van der Waals surface area contributed by atoms with Crippen LogP contribution in [-0.2, 0) is 15.1 Å². The Labute approximate surface area is 130 Å². The fraction of sp³-hybridized carbons (Fsp3) is 0.500. The molecule has 2 N–H and O–H groups in total. The summed E-state index contributed by atoms with van der Waals surface area (Å²) in [5, 5.41) is 10.3. The van der Waals surface area contributed by atoms with Gasteiger partial charge in [0.2, 0.25) is 0 Å². The smallest absolute Gasteiger partial charge is 0.410 e. The molecule has 22 heavy (non-hydrogen) atoms. The second-order valence-electron chi connectivity index (χ2n) is 5.37. The highest BCUT2D eigenvalue weighted by Crippen LogP contribution is 2.38. The lowest BCUT2D eigenvalue weighted by atomic mass is 9.79. The zero-order valence-electron chi connectivity index (χ0n) is 12.5. The van der Waals surface area contributed by atoms with Gasteiger partial charge >= 0.3 is 6.09 Å². The van der Waals surface area contributed by atoms with Crippen LogP contribution in [0.3, 0.4) is 0 Å². The van der Waals surface area contributed by atoms with E-state index in [1.807, 2.05) is 23.1 Å². The lowest BCUT2D eigenvalue weighted by Gasteiger charge is -2.47. The van der Waals surface area contributed by atoms with Crippen molar-refractivity contribution in [3.63, 3.8) is 0 Å². The van der Waals surface area contributed by atoms with Crippen molar-refractivity contribution in [2.45, 2.75) is 24.8 Å². The van der Waals surface area contributed by atoms with Crippen LogP contribution in [0.15, 0.2) is 30.3 Å². The minimum atomic E-state index is -0.250. The molecule has 0 spiro atoms. The van der Waals surface area contributed by atoms with Gasteiger partial charge in [0.15, 0.2) is 0 Å². The molecule has 3 rings (SSSR count). The number of ether oxygens (including phenoxy) is 1. The number of hydrogen-bond acceptors (Lipinski definition) is 4. The van der Waals surface area contributed by atoms with E-state index in [2.05, 4.69) is 17.4 Å². The molecule has 1 aromatic carbocycles. The lowest BCUT2D eigenvalue weighted by molar-refractivity contribution is -0.122. The van der Waals surface area contributed by atoms with Gasteiger partial charge in [0.1, 0.15) is 0 Å². The molecule has 6 nitrogen and oxygen atoms in total. The van der Waals surface area contributed by atoms with Crippen LogP contribution in [0.25, 0.3) is 0 Å². The van der Waals surface area contributed by atoms with Gasteiger partial charge < -0.3 is 15.2 Å². The molecule has 2 fully saturated rings. The van der Waals surface area contributed by atoms with Gasteiger partial charge in [0.25, 0.3) is 6.47 Å². The number of cyclic esters (lactones) is 1. The van der Waals surface area contributed by atoms with E-state index in [1.54, 1.807) is 0 Å². The molecule has 2 heterocycles. The molecule has 0 bridgehead atoms. The van der Waals surface area contributed by atoms with Crippen molar-refractivity contribution in [3.8, 4) is 0 Å². The maximum atomic E-state index is 12.2. The van der Waals surface area contributed by atoms with E-state index in [9.17, 15) is 4.79 Å². The number of carbonyl (C=O) groups excluding carboxylic acids is 1. The van der Waals surface area contributed by atoms with Crippen LogP contribution in [0.2, 0.25) is 0 Å². The summed E-state index contributed by atoms with van der Waals surface area (Å²) in [7, 11) is 0. The van der Waals surface area contributed by atoms with E-state index in [-0.39, 0.29) is 18.1 Å². The molecule has 1 amide bonds. The Kier molecular flexibility index (Phi) is 5.77. The van der Waals surface area contributed by atoms with Crippen LogP contribution in [0, 0.1) is 0 Å². The number of carboxylic acid groups (broad SMARTS) is 1. The van der Waals surface area contributed by atoms with Gasteiger partial charge in [-0.05, 0) is 37.9 Å². The Hall–Kier alpha value is -2.08. The predicted octanol–water partition coefficient (Wildman–Crippen LogP) is 1.81. The molecule has 2 aliphatic rings. The van der Waals surface area contributed by atoms with Crippen LogP contribution in [-0.4, -0.2) is 48.8 Å². The molecule has 0 aliphatic carbocycles. The second kappa shape index (κ2) is 7.79. The normalized spacial score (nSPS) is 20.4. The first-order chi connectivity index (χ1) is 10.7. The maximum absolute atomic E-state index is 12.2. The monoisotopic (exact) mass is 306 g/mol. The average molecular weight is 306 g/mol. The van der Waals surface area contributed by atoms with Gasteiger partial charge in [-0.2, -0.15) is 0 Å². The third-order valence-corrected chi connectivity index (χ3v) is 4.23. The molecular formula is C16H22N2O4. The maximum Gasteiger partial charge on any atom is 0.410 e. The van der Waals surface area contributed by atoms with Gasteiger partial charge in [-0.3, -0.25) is 9.69 Å². The molecule has 0 aromatic heterocycles. The van der Waals surface area contributed by atoms with Crippen LogP contribution < -0.4 is 5.32 Å². The number of benzene rings is 1. The topological polar surface area (TPSA) is 78.9 Å². The van der Waals surface area contributed by atoms with Crippen molar-refractivity contribution in [2.75, 3.05) is 26.2 Å². The number of hydrogen-bond donors (Lipinski definition) is 2. The van der Waals surface area contributed by atoms with Crippen molar-refractivity contribution < 1.29 is 19.4 Å². The number of piperidine rings is 1. The Morgan fingerprint density at radius 2 is 1.86 bits per heavy atom. The Bertz CT molecular complexity index is 486. The van der Waals surface area contributed by atoms with Gasteiger partial charge in [0, 0.05) is 6.54 Å². The van der Waals surface area contributed by atoms with Crippen molar-refractivity contribution >= 4 is 12.6 Å². The number of amides is 1.